The Morgan fingerprint density at radius 1 is 1.39 bits per heavy atom. The number of piperidine rings is 1. The topological polar surface area (TPSA) is 28.2 Å². The molecule has 100 valence electrons. The molecule has 3 atom stereocenters. The van der Waals surface area contributed by atoms with Crippen LogP contribution in [-0.4, -0.2) is 29.5 Å². The highest BCUT2D eigenvalue weighted by atomic mass is 15.2. The first kappa shape index (κ1) is 13.3. The summed E-state index contributed by atoms with van der Waals surface area (Å²) < 4.78 is 0. The van der Waals surface area contributed by atoms with E-state index in [0.29, 0.717) is 6.04 Å². The predicted molar refractivity (Wildman–Crippen MR) is 76.6 cm³/mol. The molecule has 0 aromatic carbocycles. The molecule has 3 nitrogen and oxygen atoms in total. The summed E-state index contributed by atoms with van der Waals surface area (Å²) in [7, 11) is 1.94. The second-order valence-electron chi connectivity index (χ2n) is 5.75. The van der Waals surface area contributed by atoms with E-state index >= 15 is 0 Å². The molecule has 0 bridgehead atoms. The Morgan fingerprint density at radius 2 is 2.17 bits per heavy atom. The zero-order valence-electron chi connectivity index (χ0n) is 12.0. The van der Waals surface area contributed by atoms with E-state index in [1.807, 2.05) is 19.3 Å². The summed E-state index contributed by atoms with van der Waals surface area (Å²) in [4.78, 5) is 6.98. The first-order chi connectivity index (χ1) is 8.61. The molecule has 1 aromatic heterocycles. The summed E-state index contributed by atoms with van der Waals surface area (Å²) in [6.45, 7) is 9.28. The van der Waals surface area contributed by atoms with Gasteiger partial charge in [-0.2, -0.15) is 0 Å². The van der Waals surface area contributed by atoms with E-state index in [1.54, 1.807) is 0 Å². The summed E-state index contributed by atoms with van der Waals surface area (Å²) >= 11 is 0. The predicted octanol–water partition coefficient (Wildman–Crippen LogP) is 2.99. The van der Waals surface area contributed by atoms with Gasteiger partial charge in [0.25, 0.3) is 0 Å². The molecule has 0 spiro atoms. The average Bonchev–Trinajstić information content (AvgIpc) is 2.36. The van der Waals surface area contributed by atoms with Gasteiger partial charge in [-0.25, -0.2) is 4.98 Å². The molecule has 1 aromatic rings. The molecule has 18 heavy (non-hydrogen) atoms. The Bertz CT molecular complexity index is 391. The lowest BCUT2D eigenvalue weighted by Crippen LogP contribution is -2.45. The van der Waals surface area contributed by atoms with Gasteiger partial charge >= 0.3 is 0 Å². The van der Waals surface area contributed by atoms with Crippen LogP contribution in [0.5, 0.6) is 0 Å². The molecular formula is C15H25N3. The van der Waals surface area contributed by atoms with E-state index in [0.717, 1.165) is 24.2 Å². The van der Waals surface area contributed by atoms with Crippen molar-refractivity contribution in [3.8, 4) is 0 Å². The number of hydrogen-bond donors (Lipinski definition) is 1. The minimum Gasteiger partial charge on any atom is -0.373 e. The van der Waals surface area contributed by atoms with E-state index in [9.17, 15) is 0 Å². The normalized spacial score (nSPS) is 29.2. The quantitative estimate of drug-likeness (QED) is 0.890. The van der Waals surface area contributed by atoms with Gasteiger partial charge in [-0.1, -0.05) is 19.9 Å². The number of hydrogen-bond acceptors (Lipinski definition) is 3. The van der Waals surface area contributed by atoms with E-state index in [2.05, 4.69) is 42.0 Å². The summed E-state index contributed by atoms with van der Waals surface area (Å²) in [6.07, 6.45) is 3.20. The van der Waals surface area contributed by atoms with Crippen LogP contribution < -0.4 is 5.32 Å². The average molecular weight is 247 g/mol. The molecular weight excluding hydrogens is 222 g/mol. The maximum atomic E-state index is 4.39. The lowest BCUT2D eigenvalue weighted by Gasteiger charge is -2.41. The fourth-order valence-corrected chi connectivity index (χ4v) is 3.05. The first-order valence-electron chi connectivity index (χ1n) is 6.97. The summed E-state index contributed by atoms with van der Waals surface area (Å²) in [5, 5.41) is 3.18. The van der Waals surface area contributed by atoms with Gasteiger partial charge in [0, 0.05) is 37.9 Å². The molecule has 1 N–H and O–H groups in total. The van der Waals surface area contributed by atoms with Crippen LogP contribution in [0.3, 0.4) is 0 Å². The van der Waals surface area contributed by atoms with Crippen molar-refractivity contribution >= 4 is 5.82 Å². The van der Waals surface area contributed by atoms with Crippen molar-refractivity contribution in [2.45, 2.75) is 39.8 Å². The molecule has 1 saturated heterocycles. The van der Waals surface area contributed by atoms with Crippen LogP contribution in [0.15, 0.2) is 18.3 Å². The molecule has 2 heterocycles. The molecule has 3 unspecified atom stereocenters. The van der Waals surface area contributed by atoms with Gasteiger partial charge in [0.05, 0.1) is 0 Å². The van der Waals surface area contributed by atoms with Crippen LogP contribution >= 0.6 is 0 Å². The van der Waals surface area contributed by atoms with Gasteiger partial charge in [-0.15, -0.1) is 0 Å². The number of nitrogens with one attached hydrogen (secondary N) is 1. The Labute approximate surface area is 111 Å². The number of likely N-dealkylation sites (tertiary alicyclic amines) is 1. The van der Waals surface area contributed by atoms with Gasteiger partial charge in [0.1, 0.15) is 5.82 Å². The van der Waals surface area contributed by atoms with E-state index in [-0.39, 0.29) is 0 Å². The molecule has 0 amide bonds. The Kier molecular flexibility index (Phi) is 4.23. The number of pyridine rings is 1. The highest BCUT2D eigenvalue weighted by Crippen LogP contribution is 2.28. The van der Waals surface area contributed by atoms with Crippen molar-refractivity contribution in [2.24, 2.45) is 11.8 Å². The number of rotatable bonds is 3. The van der Waals surface area contributed by atoms with Gasteiger partial charge in [0.15, 0.2) is 0 Å². The molecule has 1 fully saturated rings. The van der Waals surface area contributed by atoms with Crippen molar-refractivity contribution in [3.05, 3.63) is 23.9 Å². The van der Waals surface area contributed by atoms with Crippen molar-refractivity contribution < 1.29 is 0 Å². The Hall–Kier alpha value is -1.09. The fourth-order valence-electron chi connectivity index (χ4n) is 3.05. The standard InChI is InChI=1S/C15H25N3/c1-11-8-12(2)13(3)18(9-11)10-14-6-5-7-17-15(14)16-4/h5-7,11-13H,8-10H2,1-4H3,(H,16,17). The van der Waals surface area contributed by atoms with E-state index in [4.69, 9.17) is 0 Å². The van der Waals surface area contributed by atoms with Gasteiger partial charge in [-0.3, -0.25) is 4.90 Å². The van der Waals surface area contributed by atoms with Gasteiger partial charge in [0.2, 0.25) is 0 Å². The van der Waals surface area contributed by atoms with E-state index in [1.165, 1.54) is 18.5 Å². The summed E-state index contributed by atoms with van der Waals surface area (Å²) in [5.74, 6) is 2.59. The highest BCUT2D eigenvalue weighted by molar-refractivity contribution is 5.42. The van der Waals surface area contributed by atoms with Crippen molar-refractivity contribution in [3.63, 3.8) is 0 Å². The lowest BCUT2D eigenvalue weighted by atomic mass is 9.86. The van der Waals surface area contributed by atoms with Crippen molar-refractivity contribution in [2.75, 3.05) is 18.9 Å². The number of nitrogens with zero attached hydrogens (tertiary/aromatic N) is 2. The minimum atomic E-state index is 0.658. The van der Waals surface area contributed by atoms with Crippen LogP contribution in [0.2, 0.25) is 0 Å². The maximum absolute atomic E-state index is 4.39. The minimum absolute atomic E-state index is 0.658. The fraction of sp³-hybridized carbons (Fsp3) is 0.667. The molecule has 0 saturated carbocycles. The van der Waals surface area contributed by atoms with Crippen molar-refractivity contribution in [1.82, 2.24) is 9.88 Å². The molecule has 1 aliphatic rings. The van der Waals surface area contributed by atoms with Gasteiger partial charge in [-0.05, 0) is 31.2 Å². The molecule has 0 aliphatic carbocycles. The number of anilines is 1. The molecule has 0 radical (unpaired) electrons. The van der Waals surface area contributed by atoms with Crippen LogP contribution in [0.4, 0.5) is 5.82 Å². The second kappa shape index (κ2) is 5.70. The third-order valence-corrected chi connectivity index (χ3v) is 4.22. The summed E-state index contributed by atoms with van der Waals surface area (Å²) in [6, 6.07) is 4.86. The highest BCUT2D eigenvalue weighted by Gasteiger charge is 2.28. The van der Waals surface area contributed by atoms with Gasteiger partial charge < -0.3 is 5.32 Å². The largest absolute Gasteiger partial charge is 0.373 e. The van der Waals surface area contributed by atoms with Crippen LogP contribution in [0, 0.1) is 11.8 Å². The van der Waals surface area contributed by atoms with Crippen LogP contribution in [0.25, 0.3) is 0 Å². The molecule has 2 rings (SSSR count). The summed E-state index contributed by atoms with van der Waals surface area (Å²) in [5.41, 5.74) is 1.30. The van der Waals surface area contributed by atoms with E-state index < -0.39 is 0 Å². The van der Waals surface area contributed by atoms with Crippen LogP contribution in [-0.2, 0) is 6.54 Å². The maximum Gasteiger partial charge on any atom is 0.130 e. The zero-order valence-corrected chi connectivity index (χ0v) is 12.0. The van der Waals surface area contributed by atoms with Crippen molar-refractivity contribution in [1.29, 1.82) is 0 Å². The zero-order chi connectivity index (χ0) is 13.1. The SMILES string of the molecule is CNc1ncccc1CN1CC(C)CC(C)C1C. The monoisotopic (exact) mass is 247 g/mol. The first-order valence-corrected chi connectivity index (χ1v) is 6.97. The Balaban J connectivity index is 2.12. The smallest absolute Gasteiger partial charge is 0.130 e. The molecule has 3 heteroatoms. The third-order valence-electron chi connectivity index (χ3n) is 4.22. The number of aromatic nitrogens is 1. The Morgan fingerprint density at radius 3 is 2.89 bits per heavy atom. The third kappa shape index (κ3) is 2.83. The second-order valence-corrected chi connectivity index (χ2v) is 5.75. The van der Waals surface area contributed by atoms with Crippen LogP contribution in [0.1, 0.15) is 32.8 Å². The lowest BCUT2D eigenvalue weighted by molar-refractivity contribution is 0.0730. The molecule has 1 aliphatic heterocycles.